The maximum atomic E-state index is 13.0. The molecule has 0 unspecified atom stereocenters. The highest BCUT2D eigenvalue weighted by Crippen LogP contribution is 2.41. The molecular formula is C26H41NO9. The molecule has 0 heterocycles. The van der Waals surface area contributed by atoms with Crippen molar-refractivity contribution in [2.45, 2.75) is 98.5 Å². The molecule has 10 heteroatoms. The molecule has 0 aliphatic carbocycles. The Balaban J connectivity index is 3.47. The lowest BCUT2D eigenvalue weighted by Gasteiger charge is -2.27. The molecule has 10 nitrogen and oxygen atoms in total. The van der Waals surface area contributed by atoms with Crippen LogP contribution in [0, 0.1) is 6.92 Å². The van der Waals surface area contributed by atoms with E-state index in [0.29, 0.717) is 16.9 Å². The molecule has 1 rings (SSSR count). The lowest BCUT2D eigenvalue weighted by molar-refractivity contribution is -0.157. The van der Waals surface area contributed by atoms with Gasteiger partial charge in [0.25, 0.3) is 0 Å². The summed E-state index contributed by atoms with van der Waals surface area (Å²) < 4.78 is 32.6. The first-order chi connectivity index (χ1) is 16.3. The van der Waals surface area contributed by atoms with Crippen LogP contribution in [0.15, 0.2) is 6.07 Å². The van der Waals surface area contributed by atoms with Crippen LogP contribution in [0.4, 0.5) is 9.59 Å². The number of methoxy groups -OCH3 is 2. The minimum Gasteiger partial charge on any atom is -0.496 e. The Morgan fingerprint density at radius 3 is 1.75 bits per heavy atom. The highest BCUT2D eigenvalue weighted by Gasteiger charge is 2.31. The SMILES string of the molecule is COc1c(C[C@H](NC(=O)OC(C)(C)C)C(=O)OC(C)(C)C)cc(OC(=O)OC(C)(C)C)c(OC)c1C. The van der Waals surface area contributed by atoms with Crippen LogP contribution in [-0.4, -0.2) is 55.3 Å². The van der Waals surface area contributed by atoms with Crippen LogP contribution in [0.1, 0.15) is 73.4 Å². The molecule has 0 aromatic heterocycles. The van der Waals surface area contributed by atoms with E-state index in [9.17, 15) is 14.4 Å². The molecule has 0 radical (unpaired) electrons. The smallest absolute Gasteiger partial charge is 0.496 e. The molecule has 36 heavy (non-hydrogen) atoms. The number of amides is 1. The molecule has 0 spiro atoms. The van der Waals surface area contributed by atoms with E-state index in [1.165, 1.54) is 20.3 Å². The third kappa shape index (κ3) is 10.2. The number of rotatable bonds is 7. The summed E-state index contributed by atoms with van der Waals surface area (Å²) >= 11 is 0. The van der Waals surface area contributed by atoms with E-state index >= 15 is 0 Å². The summed E-state index contributed by atoms with van der Waals surface area (Å²) in [7, 11) is 2.89. The second-order valence-corrected chi connectivity index (χ2v) is 11.2. The van der Waals surface area contributed by atoms with E-state index in [-0.39, 0.29) is 17.9 Å². The molecule has 0 aliphatic heterocycles. The quantitative estimate of drug-likeness (QED) is 0.303. The van der Waals surface area contributed by atoms with Gasteiger partial charge in [0.1, 0.15) is 28.6 Å². The van der Waals surface area contributed by atoms with Crippen LogP contribution in [0.5, 0.6) is 17.2 Å². The fraction of sp³-hybridized carbons (Fsp3) is 0.654. The van der Waals surface area contributed by atoms with Gasteiger partial charge in [-0.15, -0.1) is 0 Å². The number of esters is 1. The Kier molecular flexibility index (Phi) is 10.0. The molecule has 0 bridgehead atoms. The summed E-state index contributed by atoms with van der Waals surface area (Å²) in [5.74, 6) is 0.0528. The van der Waals surface area contributed by atoms with E-state index in [1.54, 1.807) is 69.2 Å². The molecule has 1 amide bonds. The van der Waals surface area contributed by atoms with E-state index in [4.69, 9.17) is 28.4 Å². The van der Waals surface area contributed by atoms with Crippen LogP contribution >= 0.6 is 0 Å². The van der Waals surface area contributed by atoms with Gasteiger partial charge in [0.15, 0.2) is 11.5 Å². The van der Waals surface area contributed by atoms with Crippen LogP contribution in [0.3, 0.4) is 0 Å². The van der Waals surface area contributed by atoms with Gasteiger partial charge >= 0.3 is 18.2 Å². The Labute approximate surface area is 213 Å². The van der Waals surface area contributed by atoms with Crippen LogP contribution in [-0.2, 0) is 25.4 Å². The Bertz CT molecular complexity index is 950. The van der Waals surface area contributed by atoms with Gasteiger partial charge in [0, 0.05) is 17.5 Å². The predicted octanol–water partition coefficient (Wildman–Crippen LogP) is 5.10. The van der Waals surface area contributed by atoms with Crippen molar-refractivity contribution in [2.75, 3.05) is 14.2 Å². The molecule has 204 valence electrons. The summed E-state index contributed by atoms with van der Waals surface area (Å²) in [6.45, 7) is 17.2. The zero-order valence-corrected chi connectivity index (χ0v) is 23.5. The van der Waals surface area contributed by atoms with E-state index in [0.717, 1.165) is 0 Å². The summed E-state index contributed by atoms with van der Waals surface area (Å²) in [6.07, 6.45) is -1.76. The normalized spacial score (nSPS) is 12.8. The number of ether oxygens (including phenoxy) is 6. The topological polar surface area (TPSA) is 119 Å². The van der Waals surface area contributed by atoms with Crippen molar-refractivity contribution in [3.05, 3.63) is 17.2 Å². The van der Waals surface area contributed by atoms with Crippen LogP contribution in [0.25, 0.3) is 0 Å². The Morgan fingerprint density at radius 1 is 0.806 bits per heavy atom. The third-order valence-electron chi connectivity index (χ3n) is 4.30. The number of hydrogen-bond donors (Lipinski definition) is 1. The number of alkyl carbamates (subject to hydrolysis) is 1. The first-order valence-corrected chi connectivity index (χ1v) is 11.6. The maximum Gasteiger partial charge on any atom is 0.514 e. The minimum atomic E-state index is -1.13. The maximum absolute atomic E-state index is 13.0. The zero-order valence-electron chi connectivity index (χ0n) is 23.5. The molecule has 0 saturated heterocycles. The van der Waals surface area contributed by atoms with Crippen molar-refractivity contribution in [1.29, 1.82) is 0 Å². The fourth-order valence-corrected chi connectivity index (χ4v) is 3.18. The predicted molar refractivity (Wildman–Crippen MR) is 134 cm³/mol. The van der Waals surface area contributed by atoms with Gasteiger partial charge in [0.2, 0.25) is 0 Å². The molecule has 1 aromatic rings. The second-order valence-electron chi connectivity index (χ2n) is 11.2. The number of carbonyl (C=O) groups is 3. The summed E-state index contributed by atoms with van der Waals surface area (Å²) in [4.78, 5) is 37.9. The highest BCUT2D eigenvalue weighted by molar-refractivity contribution is 5.82. The number of carbonyl (C=O) groups excluding carboxylic acids is 3. The third-order valence-corrected chi connectivity index (χ3v) is 4.30. The van der Waals surface area contributed by atoms with Gasteiger partial charge in [-0.05, 0) is 75.3 Å². The van der Waals surface area contributed by atoms with Crippen molar-refractivity contribution >= 4 is 18.2 Å². The van der Waals surface area contributed by atoms with E-state index in [1.807, 2.05) is 0 Å². The van der Waals surface area contributed by atoms with Gasteiger partial charge in [0.05, 0.1) is 14.2 Å². The molecular weight excluding hydrogens is 470 g/mol. The number of hydrogen-bond acceptors (Lipinski definition) is 9. The average molecular weight is 512 g/mol. The van der Waals surface area contributed by atoms with Crippen LogP contribution in [0.2, 0.25) is 0 Å². The fourth-order valence-electron chi connectivity index (χ4n) is 3.18. The van der Waals surface area contributed by atoms with Crippen molar-refractivity contribution in [2.24, 2.45) is 0 Å². The van der Waals surface area contributed by atoms with E-state index in [2.05, 4.69) is 5.32 Å². The minimum absolute atomic E-state index is 0.0488. The average Bonchev–Trinajstić information content (AvgIpc) is 2.63. The monoisotopic (exact) mass is 511 g/mol. The van der Waals surface area contributed by atoms with E-state index < -0.39 is 41.1 Å². The molecule has 1 atom stereocenters. The molecule has 0 aliphatic rings. The summed E-state index contributed by atoms with van der Waals surface area (Å²) in [5, 5.41) is 2.58. The summed E-state index contributed by atoms with van der Waals surface area (Å²) in [5.41, 5.74) is -1.35. The Morgan fingerprint density at radius 2 is 1.31 bits per heavy atom. The number of nitrogens with one attached hydrogen (secondary N) is 1. The van der Waals surface area contributed by atoms with Gasteiger partial charge in [-0.1, -0.05) is 0 Å². The lowest BCUT2D eigenvalue weighted by Crippen LogP contribution is -2.47. The molecule has 1 N–H and O–H groups in total. The Hall–Kier alpha value is -3.17. The first-order valence-electron chi connectivity index (χ1n) is 11.6. The molecule has 1 aromatic carbocycles. The lowest BCUT2D eigenvalue weighted by atomic mass is 10.00. The van der Waals surface area contributed by atoms with Crippen LogP contribution < -0.4 is 19.5 Å². The van der Waals surface area contributed by atoms with Gasteiger partial charge in [-0.3, -0.25) is 0 Å². The summed E-state index contributed by atoms with van der Waals surface area (Å²) in [6, 6.07) is 0.373. The highest BCUT2D eigenvalue weighted by atomic mass is 16.7. The molecule has 0 saturated carbocycles. The van der Waals surface area contributed by atoms with Crippen molar-refractivity contribution in [3.63, 3.8) is 0 Å². The van der Waals surface area contributed by atoms with Crippen molar-refractivity contribution in [3.8, 4) is 17.2 Å². The van der Waals surface area contributed by atoms with Gasteiger partial charge in [-0.25, -0.2) is 14.4 Å². The molecule has 0 fully saturated rings. The van der Waals surface area contributed by atoms with Crippen molar-refractivity contribution in [1.82, 2.24) is 5.32 Å². The van der Waals surface area contributed by atoms with Gasteiger partial charge < -0.3 is 33.7 Å². The first kappa shape index (κ1) is 30.9. The van der Waals surface area contributed by atoms with Crippen molar-refractivity contribution < 1.29 is 42.8 Å². The van der Waals surface area contributed by atoms with Gasteiger partial charge in [-0.2, -0.15) is 0 Å². The largest absolute Gasteiger partial charge is 0.514 e. The zero-order chi connectivity index (χ0) is 28.1. The standard InChI is InChI=1S/C26H41NO9/c1-15-19(31-11)16(14-18(20(15)32-12)33-23(30)36-26(8,9)10)13-17(21(28)34-24(2,3)4)27-22(29)35-25(5,6)7/h14,17H,13H2,1-12H3,(H,27,29)/t17-/m0/s1. The second kappa shape index (κ2) is 11.7. The number of benzene rings is 1.